The Labute approximate surface area is 283 Å². The number of benzene rings is 2. The Morgan fingerprint density at radius 2 is 1.86 bits per heavy atom. The lowest BCUT2D eigenvalue weighted by atomic mass is 10.0. The molecule has 4 aromatic heterocycles. The van der Waals surface area contributed by atoms with Gasteiger partial charge in [0, 0.05) is 59.5 Å². The number of likely N-dealkylation sites (tertiary alicyclic amines) is 1. The minimum atomic E-state index is -0.571. The van der Waals surface area contributed by atoms with E-state index in [1.54, 1.807) is 18.0 Å². The van der Waals surface area contributed by atoms with Crippen molar-refractivity contribution < 1.29 is 18.7 Å². The molecule has 1 saturated carbocycles. The molecule has 1 saturated heterocycles. The van der Waals surface area contributed by atoms with Gasteiger partial charge in [-0.2, -0.15) is 5.10 Å². The first-order valence-electron chi connectivity index (χ1n) is 16.7. The van der Waals surface area contributed by atoms with Crippen molar-refractivity contribution in [3.8, 4) is 28.8 Å². The van der Waals surface area contributed by atoms with Gasteiger partial charge in [-0.3, -0.25) is 4.79 Å². The molecule has 0 bridgehead atoms. The van der Waals surface area contributed by atoms with Crippen molar-refractivity contribution >= 4 is 27.8 Å². The SMILES string of the molecule is COc1ncc(-n2cc(Cn3c(-c4cc5ccccc5n4CC4CC4)nc4cc(C(=O)N5CC(C)C(N)C5C)cc(OC)c43)cn2)cc1F. The van der Waals surface area contributed by atoms with Crippen LogP contribution in [0.2, 0.25) is 0 Å². The molecule has 2 N–H and O–H groups in total. The second-order valence-corrected chi connectivity index (χ2v) is 13.4. The van der Waals surface area contributed by atoms with E-state index in [9.17, 15) is 9.18 Å². The fraction of sp³-hybridized carbons (Fsp3) is 0.351. The van der Waals surface area contributed by atoms with Gasteiger partial charge in [-0.1, -0.05) is 25.1 Å². The highest BCUT2D eigenvalue weighted by Crippen LogP contribution is 2.39. The van der Waals surface area contributed by atoms with Gasteiger partial charge in [0.15, 0.2) is 11.6 Å². The van der Waals surface area contributed by atoms with Crippen LogP contribution in [0.5, 0.6) is 11.6 Å². The first-order valence-corrected chi connectivity index (χ1v) is 16.7. The Balaban J connectivity index is 1.27. The van der Waals surface area contributed by atoms with Gasteiger partial charge in [-0.05, 0) is 55.9 Å². The molecular weight excluding hydrogens is 623 g/mol. The van der Waals surface area contributed by atoms with E-state index >= 15 is 0 Å². The van der Waals surface area contributed by atoms with E-state index in [0.29, 0.717) is 41.5 Å². The Morgan fingerprint density at radius 3 is 2.57 bits per heavy atom. The van der Waals surface area contributed by atoms with Crippen molar-refractivity contribution in [3.05, 3.63) is 84.1 Å². The van der Waals surface area contributed by atoms with E-state index in [1.165, 1.54) is 32.2 Å². The van der Waals surface area contributed by atoms with Gasteiger partial charge in [0.05, 0.1) is 50.1 Å². The fourth-order valence-corrected chi connectivity index (χ4v) is 7.18. The molecule has 1 aliphatic carbocycles. The molecule has 5 heterocycles. The average molecular weight is 663 g/mol. The van der Waals surface area contributed by atoms with Crippen molar-refractivity contribution in [2.24, 2.45) is 17.6 Å². The molecule has 252 valence electrons. The van der Waals surface area contributed by atoms with Gasteiger partial charge in [-0.15, -0.1) is 0 Å². The topological polar surface area (TPSA) is 118 Å². The molecule has 0 radical (unpaired) electrons. The third kappa shape index (κ3) is 5.40. The number of carbonyl (C=O) groups excluding carboxylic acids is 1. The standard InChI is InChI=1S/C37H39FN8O3/c1-21-17-43(22(2)33(21)39)37(47)26-11-29-34(32(13-26)48-3)45(19-24-15-41-46(20-24)27-14-28(38)36(49-4)40-16-27)35(42-29)31-12-25-7-5-6-8-30(25)44(31)18-23-9-10-23/h5-8,11-16,20-23,33H,9-10,17-19,39H2,1-4H3. The normalized spacial score (nSPS) is 19.3. The van der Waals surface area contributed by atoms with Crippen molar-refractivity contribution in [2.45, 2.75) is 51.9 Å². The Hall–Kier alpha value is -5.23. The summed E-state index contributed by atoms with van der Waals surface area (Å²) in [6, 6.07) is 15.4. The van der Waals surface area contributed by atoms with E-state index in [0.717, 1.165) is 40.0 Å². The molecule has 8 rings (SSSR count). The van der Waals surface area contributed by atoms with Crippen LogP contribution in [-0.4, -0.2) is 72.5 Å². The average Bonchev–Trinajstić information content (AvgIpc) is 3.39. The number of amides is 1. The van der Waals surface area contributed by atoms with Crippen molar-refractivity contribution in [1.82, 2.24) is 33.8 Å². The molecule has 3 atom stereocenters. The van der Waals surface area contributed by atoms with Gasteiger partial charge >= 0.3 is 0 Å². The van der Waals surface area contributed by atoms with Crippen LogP contribution in [0, 0.1) is 17.7 Å². The van der Waals surface area contributed by atoms with Crippen LogP contribution in [0.15, 0.2) is 67.1 Å². The van der Waals surface area contributed by atoms with Gasteiger partial charge < -0.3 is 29.2 Å². The number of rotatable bonds is 9. The largest absolute Gasteiger partial charge is 0.494 e. The summed E-state index contributed by atoms with van der Waals surface area (Å²) in [5, 5.41) is 5.66. The second-order valence-electron chi connectivity index (χ2n) is 13.4. The zero-order valence-electron chi connectivity index (χ0n) is 28.0. The first-order chi connectivity index (χ1) is 23.7. The van der Waals surface area contributed by atoms with Crippen LogP contribution in [0.1, 0.15) is 42.6 Å². The summed E-state index contributed by atoms with van der Waals surface area (Å²) in [5.41, 5.74) is 11.8. The van der Waals surface area contributed by atoms with E-state index in [4.69, 9.17) is 20.2 Å². The number of ether oxygens (including phenoxy) is 2. The van der Waals surface area contributed by atoms with Crippen LogP contribution < -0.4 is 15.2 Å². The number of fused-ring (bicyclic) bond motifs is 2. The van der Waals surface area contributed by atoms with E-state index < -0.39 is 5.82 Å². The second kappa shape index (κ2) is 12.0. The monoisotopic (exact) mass is 662 g/mol. The lowest BCUT2D eigenvalue weighted by molar-refractivity contribution is 0.0739. The number of hydrogen-bond donors (Lipinski definition) is 1. The summed E-state index contributed by atoms with van der Waals surface area (Å²) in [7, 11) is 2.99. The quantitative estimate of drug-likeness (QED) is 0.212. The number of imidazole rings is 1. The summed E-state index contributed by atoms with van der Waals surface area (Å²) in [6.45, 7) is 5.97. The third-order valence-electron chi connectivity index (χ3n) is 10.1. The smallest absolute Gasteiger partial charge is 0.254 e. The van der Waals surface area contributed by atoms with Gasteiger partial charge in [0.25, 0.3) is 5.91 Å². The highest BCUT2D eigenvalue weighted by molar-refractivity contribution is 6.00. The Bertz CT molecular complexity index is 2220. The predicted molar refractivity (Wildman–Crippen MR) is 185 cm³/mol. The number of halogens is 1. The molecule has 6 aromatic rings. The minimum absolute atomic E-state index is 0.0752. The predicted octanol–water partition coefficient (Wildman–Crippen LogP) is 5.66. The molecule has 0 spiro atoms. The summed E-state index contributed by atoms with van der Waals surface area (Å²) < 4.78 is 31.6. The molecule has 2 aromatic carbocycles. The maximum atomic E-state index is 14.5. The van der Waals surface area contributed by atoms with Gasteiger partial charge in [-0.25, -0.2) is 19.0 Å². The highest BCUT2D eigenvalue weighted by Gasteiger charge is 2.37. The molecular formula is C37H39FN8O3. The summed E-state index contributed by atoms with van der Waals surface area (Å²) in [4.78, 5) is 25.1. The zero-order chi connectivity index (χ0) is 34.0. The molecule has 3 unspecified atom stereocenters. The number of carbonyl (C=O) groups is 1. The molecule has 12 heteroatoms. The summed E-state index contributed by atoms with van der Waals surface area (Å²) in [5.74, 6) is 1.39. The molecule has 2 fully saturated rings. The van der Waals surface area contributed by atoms with Crippen molar-refractivity contribution in [3.63, 3.8) is 0 Å². The number of aromatic nitrogens is 6. The lowest BCUT2D eigenvalue weighted by Crippen LogP contribution is -2.40. The number of methoxy groups -OCH3 is 2. The zero-order valence-corrected chi connectivity index (χ0v) is 28.0. The number of nitrogens with two attached hydrogens (primary N) is 1. The van der Waals surface area contributed by atoms with Crippen molar-refractivity contribution in [1.29, 1.82) is 0 Å². The third-order valence-corrected chi connectivity index (χ3v) is 10.1. The first kappa shape index (κ1) is 31.1. The van der Waals surface area contributed by atoms with E-state index in [2.05, 4.69) is 56.5 Å². The highest BCUT2D eigenvalue weighted by atomic mass is 19.1. The van der Waals surface area contributed by atoms with Crippen LogP contribution in [0.3, 0.4) is 0 Å². The van der Waals surface area contributed by atoms with Crippen LogP contribution in [-0.2, 0) is 13.1 Å². The number of nitrogens with zero attached hydrogens (tertiary/aromatic N) is 7. The van der Waals surface area contributed by atoms with Crippen LogP contribution in [0.4, 0.5) is 4.39 Å². The van der Waals surface area contributed by atoms with Crippen molar-refractivity contribution in [2.75, 3.05) is 20.8 Å². The summed E-state index contributed by atoms with van der Waals surface area (Å²) >= 11 is 0. The Morgan fingerprint density at radius 1 is 1.04 bits per heavy atom. The van der Waals surface area contributed by atoms with E-state index in [1.807, 2.05) is 30.2 Å². The molecule has 1 aliphatic heterocycles. The number of para-hydroxylation sites is 1. The van der Waals surface area contributed by atoms with Gasteiger partial charge in [0.2, 0.25) is 5.88 Å². The van der Waals surface area contributed by atoms with Crippen LogP contribution in [0.25, 0.3) is 39.1 Å². The van der Waals surface area contributed by atoms with E-state index in [-0.39, 0.29) is 29.8 Å². The Kier molecular flexibility index (Phi) is 7.62. The maximum Gasteiger partial charge on any atom is 0.254 e. The minimum Gasteiger partial charge on any atom is -0.494 e. The molecule has 11 nitrogen and oxygen atoms in total. The number of pyridine rings is 1. The van der Waals surface area contributed by atoms with Gasteiger partial charge in [0.1, 0.15) is 11.3 Å². The maximum absolute atomic E-state index is 14.5. The molecule has 1 amide bonds. The summed E-state index contributed by atoms with van der Waals surface area (Å²) in [6.07, 6.45) is 7.53. The molecule has 49 heavy (non-hydrogen) atoms. The number of hydrogen-bond acceptors (Lipinski definition) is 7. The van der Waals surface area contributed by atoms with Crippen LogP contribution >= 0.6 is 0 Å². The lowest BCUT2D eigenvalue weighted by Gasteiger charge is -2.23. The molecule has 2 aliphatic rings. The fourth-order valence-electron chi connectivity index (χ4n) is 7.18.